The van der Waals surface area contributed by atoms with Crippen LogP contribution >= 0.6 is 0 Å². The minimum absolute atomic E-state index is 0.177. The molecular weight excluding hydrogens is 196 g/mol. The van der Waals surface area contributed by atoms with Crippen molar-refractivity contribution in [1.29, 1.82) is 0 Å². The molecule has 1 rings (SSSR count). The molecule has 1 fully saturated rings. The lowest BCUT2D eigenvalue weighted by atomic mass is 9.96. The van der Waals surface area contributed by atoms with Crippen molar-refractivity contribution in [2.75, 3.05) is 13.1 Å². The molecule has 3 atom stereocenters. The maximum absolute atomic E-state index is 11.9. The first kappa shape index (κ1) is 12.4. The minimum Gasteiger partial charge on any atom is -0.388 e. The smallest absolute Gasteiger partial charge is 0.242 e. The van der Waals surface area contributed by atoms with Crippen molar-refractivity contribution in [3.63, 3.8) is 0 Å². The highest BCUT2D eigenvalue weighted by atomic mass is 16.3. The molecule has 0 aromatic rings. The van der Waals surface area contributed by atoms with Gasteiger partial charge in [-0.25, -0.2) is 0 Å². The molecule has 0 spiro atoms. The number of aliphatic hydroxyl groups excluding tert-OH is 2. The van der Waals surface area contributed by atoms with Gasteiger partial charge in [-0.1, -0.05) is 13.3 Å². The Balaban J connectivity index is 2.62. The molecule has 5 nitrogen and oxygen atoms in total. The number of carbonyl (C=O) groups excluding carboxylic acids is 1. The second-order valence-corrected chi connectivity index (χ2v) is 4.51. The van der Waals surface area contributed by atoms with E-state index >= 15 is 0 Å². The third-order valence-electron chi connectivity index (χ3n) is 2.80. The Bertz CT molecular complexity index is 233. The molecule has 0 aromatic heterocycles. The lowest BCUT2D eigenvalue weighted by Gasteiger charge is -2.28. The van der Waals surface area contributed by atoms with Gasteiger partial charge in [0, 0.05) is 13.1 Å². The average Bonchev–Trinajstić information content (AvgIpc) is 2.45. The fourth-order valence-electron chi connectivity index (χ4n) is 1.92. The molecular formula is C10H20N2O3. The van der Waals surface area contributed by atoms with Crippen molar-refractivity contribution >= 4 is 5.91 Å². The van der Waals surface area contributed by atoms with Crippen molar-refractivity contribution in [3.8, 4) is 0 Å². The number of carbonyl (C=O) groups is 1. The number of aliphatic hydroxyl groups is 2. The summed E-state index contributed by atoms with van der Waals surface area (Å²) in [5.74, 6) is -0.194. The number of hydrogen-bond acceptors (Lipinski definition) is 4. The van der Waals surface area contributed by atoms with E-state index in [0.717, 1.165) is 6.42 Å². The molecule has 0 aromatic carbocycles. The van der Waals surface area contributed by atoms with E-state index in [1.54, 1.807) is 6.92 Å². The standard InChI is InChI=1S/C10H20N2O3/c1-3-4-10(2,11)9(15)12-5-7(13)8(14)6-12/h7-8,13-14H,3-6,11H2,1-2H3. The summed E-state index contributed by atoms with van der Waals surface area (Å²) in [6, 6.07) is 0. The largest absolute Gasteiger partial charge is 0.388 e. The molecule has 1 heterocycles. The maximum Gasteiger partial charge on any atom is 0.242 e. The van der Waals surface area contributed by atoms with E-state index in [2.05, 4.69) is 0 Å². The Hall–Kier alpha value is -0.650. The summed E-state index contributed by atoms with van der Waals surface area (Å²) in [6.45, 7) is 4.01. The molecule has 0 radical (unpaired) electrons. The summed E-state index contributed by atoms with van der Waals surface area (Å²) in [7, 11) is 0. The number of amides is 1. The van der Waals surface area contributed by atoms with Crippen molar-refractivity contribution in [3.05, 3.63) is 0 Å². The summed E-state index contributed by atoms with van der Waals surface area (Å²) >= 11 is 0. The molecule has 88 valence electrons. The highest BCUT2D eigenvalue weighted by Gasteiger charge is 2.38. The van der Waals surface area contributed by atoms with Gasteiger partial charge < -0.3 is 20.8 Å². The van der Waals surface area contributed by atoms with Gasteiger partial charge in [0.15, 0.2) is 0 Å². The van der Waals surface area contributed by atoms with Gasteiger partial charge in [-0.2, -0.15) is 0 Å². The molecule has 1 aliphatic rings. The van der Waals surface area contributed by atoms with Gasteiger partial charge in [-0.15, -0.1) is 0 Å². The number of β-amino-alcohol motifs (C(OH)–C–C–N with tert-alkyl or cyclic N) is 2. The number of nitrogens with zero attached hydrogens (tertiary/aromatic N) is 1. The number of nitrogens with two attached hydrogens (primary N) is 1. The van der Waals surface area contributed by atoms with Gasteiger partial charge in [-0.05, 0) is 13.3 Å². The average molecular weight is 216 g/mol. The first-order valence-corrected chi connectivity index (χ1v) is 5.33. The third-order valence-corrected chi connectivity index (χ3v) is 2.80. The first-order valence-electron chi connectivity index (χ1n) is 5.33. The van der Waals surface area contributed by atoms with E-state index in [1.165, 1.54) is 4.90 Å². The van der Waals surface area contributed by atoms with Crippen molar-refractivity contribution in [2.45, 2.75) is 44.4 Å². The van der Waals surface area contributed by atoms with E-state index in [9.17, 15) is 15.0 Å². The van der Waals surface area contributed by atoms with E-state index in [0.29, 0.717) is 6.42 Å². The topological polar surface area (TPSA) is 86.8 Å². The molecule has 4 N–H and O–H groups in total. The van der Waals surface area contributed by atoms with Crippen molar-refractivity contribution < 1.29 is 15.0 Å². The Morgan fingerprint density at radius 1 is 1.47 bits per heavy atom. The van der Waals surface area contributed by atoms with Crippen LogP contribution in [0.1, 0.15) is 26.7 Å². The van der Waals surface area contributed by atoms with Gasteiger partial charge in [0.05, 0.1) is 17.7 Å². The molecule has 1 aliphatic heterocycles. The fourth-order valence-corrected chi connectivity index (χ4v) is 1.92. The maximum atomic E-state index is 11.9. The van der Waals surface area contributed by atoms with E-state index in [4.69, 9.17) is 5.73 Å². The Labute approximate surface area is 89.9 Å². The minimum atomic E-state index is -0.890. The van der Waals surface area contributed by atoms with Crippen LogP contribution in [0.3, 0.4) is 0 Å². The predicted octanol–water partition coefficient (Wildman–Crippen LogP) is -0.932. The predicted molar refractivity (Wildman–Crippen MR) is 56.1 cm³/mol. The fraction of sp³-hybridized carbons (Fsp3) is 0.900. The van der Waals surface area contributed by atoms with Crippen LogP contribution in [0, 0.1) is 0 Å². The molecule has 15 heavy (non-hydrogen) atoms. The quantitative estimate of drug-likeness (QED) is 0.568. The summed E-state index contributed by atoms with van der Waals surface area (Å²) in [5, 5.41) is 18.7. The lowest BCUT2D eigenvalue weighted by molar-refractivity contribution is -0.136. The summed E-state index contributed by atoms with van der Waals surface area (Å²) in [5.41, 5.74) is 5.00. The van der Waals surface area contributed by atoms with Crippen LogP contribution in [0.5, 0.6) is 0 Å². The van der Waals surface area contributed by atoms with Crippen LogP contribution in [0.2, 0.25) is 0 Å². The summed E-state index contributed by atoms with van der Waals surface area (Å²) < 4.78 is 0. The molecule has 5 heteroatoms. The molecule has 0 aliphatic carbocycles. The van der Waals surface area contributed by atoms with E-state index in [-0.39, 0.29) is 19.0 Å². The Kier molecular flexibility index (Phi) is 3.70. The van der Waals surface area contributed by atoms with Crippen LogP contribution in [0.4, 0.5) is 0 Å². The number of likely N-dealkylation sites (tertiary alicyclic amines) is 1. The van der Waals surface area contributed by atoms with Crippen LogP contribution in [-0.4, -0.2) is 51.9 Å². The molecule has 3 unspecified atom stereocenters. The molecule has 0 saturated carbocycles. The summed E-state index contributed by atoms with van der Waals surface area (Å²) in [4.78, 5) is 13.4. The van der Waals surface area contributed by atoms with Crippen molar-refractivity contribution in [1.82, 2.24) is 4.90 Å². The molecule has 0 bridgehead atoms. The summed E-state index contributed by atoms with van der Waals surface area (Å²) in [6.07, 6.45) is -0.246. The van der Waals surface area contributed by atoms with Crippen molar-refractivity contribution in [2.24, 2.45) is 5.73 Å². The monoisotopic (exact) mass is 216 g/mol. The lowest BCUT2D eigenvalue weighted by Crippen LogP contribution is -2.52. The van der Waals surface area contributed by atoms with E-state index < -0.39 is 17.7 Å². The zero-order valence-electron chi connectivity index (χ0n) is 9.31. The number of hydrogen-bond donors (Lipinski definition) is 3. The van der Waals surface area contributed by atoms with E-state index in [1.807, 2.05) is 6.92 Å². The number of rotatable bonds is 3. The highest BCUT2D eigenvalue weighted by molar-refractivity contribution is 5.86. The highest BCUT2D eigenvalue weighted by Crippen LogP contribution is 2.17. The Morgan fingerprint density at radius 3 is 2.33 bits per heavy atom. The van der Waals surface area contributed by atoms with Gasteiger partial charge in [0.2, 0.25) is 5.91 Å². The van der Waals surface area contributed by atoms with Gasteiger partial charge in [0.1, 0.15) is 0 Å². The normalized spacial score (nSPS) is 30.3. The third kappa shape index (κ3) is 2.68. The zero-order valence-corrected chi connectivity index (χ0v) is 9.31. The molecule has 1 amide bonds. The van der Waals surface area contributed by atoms with Crippen LogP contribution < -0.4 is 5.73 Å². The second kappa shape index (κ2) is 4.47. The van der Waals surface area contributed by atoms with Crippen LogP contribution in [-0.2, 0) is 4.79 Å². The molecule has 1 saturated heterocycles. The van der Waals surface area contributed by atoms with Gasteiger partial charge in [0.25, 0.3) is 0 Å². The van der Waals surface area contributed by atoms with Gasteiger partial charge >= 0.3 is 0 Å². The zero-order chi connectivity index (χ0) is 11.6. The second-order valence-electron chi connectivity index (χ2n) is 4.51. The van der Waals surface area contributed by atoms with Gasteiger partial charge in [-0.3, -0.25) is 4.79 Å². The Morgan fingerprint density at radius 2 is 1.93 bits per heavy atom. The first-order chi connectivity index (χ1) is 6.88. The SMILES string of the molecule is CCCC(C)(N)C(=O)N1CC(O)C(O)C1. The van der Waals surface area contributed by atoms with Crippen LogP contribution in [0.15, 0.2) is 0 Å². The van der Waals surface area contributed by atoms with Crippen LogP contribution in [0.25, 0.3) is 0 Å².